The topological polar surface area (TPSA) is 0 Å². The minimum Gasteiger partial charge on any atom is -0.241 e. The van der Waals surface area contributed by atoms with Crippen LogP contribution in [0.4, 0.5) is 17.6 Å². The van der Waals surface area contributed by atoms with E-state index in [1.165, 1.54) is 0 Å². The SMILES string of the molecule is FC(F)(F)C[18F]. The highest BCUT2D eigenvalue weighted by Gasteiger charge is 2.26. The fraction of sp³-hybridized carbons (Fsp3) is 1.00. The molecule has 0 unspecified atom stereocenters. The lowest BCUT2D eigenvalue weighted by atomic mass is 10.8. The molecule has 0 aromatic rings. The fourth-order valence-corrected chi connectivity index (χ4v) is 0. The minimum atomic E-state index is -4.62. The summed E-state index contributed by atoms with van der Waals surface area (Å²) in [5.74, 6) is 0. The molecule has 0 radical (unpaired) electrons. The largest absolute Gasteiger partial charge is 0.416 e. The minimum absolute atomic E-state index is 2.23. The molecule has 6 heavy (non-hydrogen) atoms. The maximum absolute atomic E-state index is 10.4. The summed E-state index contributed by atoms with van der Waals surface area (Å²) in [7, 11) is 0. The molecule has 0 aliphatic heterocycles. The summed E-state index contributed by atoms with van der Waals surface area (Å²) in [6.45, 7) is -2.23. The molecule has 0 aliphatic carbocycles. The molecule has 0 amide bonds. The van der Waals surface area contributed by atoms with Crippen molar-refractivity contribution in [1.82, 2.24) is 0 Å². The van der Waals surface area contributed by atoms with Crippen LogP contribution in [0.1, 0.15) is 0 Å². The van der Waals surface area contributed by atoms with Gasteiger partial charge in [0.25, 0.3) is 0 Å². The smallest absolute Gasteiger partial charge is 0.241 e. The van der Waals surface area contributed by atoms with Gasteiger partial charge in [-0.1, -0.05) is 0 Å². The molecular formula is C2H2F4. The third-order valence-corrected chi connectivity index (χ3v) is 0.152. The van der Waals surface area contributed by atoms with Gasteiger partial charge in [0.05, 0.1) is 0 Å². The van der Waals surface area contributed by atoms with Crippen LogP contribution in [0.25, 0.3) is 0 Å². The Kier molecular flexibility index (Phi) is 1.38. The molecule has 38 valence electrons. The molecule has 0 aliphatic rings. The third kappa shape index (κ3) is 3.72. The molecule has 0 aromatic carbocycles. The van der Waals surface area contributed by atoms with Crippen LogP contribution in [0.5, 0.6) is 0 Å². The first kappa shape index (κ1) is 5.72. The number of hydrogen-bond donors (Lipinski definition) is 0. The van der Waals surface area contributed by atoms with Gasteiger partial charge in [-0.3, -0.25) is 0 Å². The number of rotatable bonds is 0. The first-order chi connectivity index (χ1) is 2.56. The normalized spacial score (nSPS) is 12.0. The first-order valence-corrected chi connectivity index (χ1v) is 1.19. The average molecular weight is 101 g/mol. The van der Waals surface area contributed by atoms with Gasteiger partial charge < -0.3 is 0 Å². The molecule has 0 bridgehead atoms. The van der Waals surface area contributed by atoms with Crippen LogP contribution < -0.4 is 0 Å². The number of halogens is 4. The quantitative estimate of drug-likeness (QED) is 0.406. The molecule has 0 N–H and O–H groups in total. The molecule has 0 heterocycles. The average Bonchev–Trinajstić information content (AvgIpc) is 1.35. The van der Waals surface area contributed by atoms with Crippen molar-refractivity contribution in [3.8, 4) is 0 Å². The van der Waals surface area contributed by atoms with E-state index in [1.54, 1.807) is 0 Å². The van der Waals surface area contributed by atoms with Gasteiger partial charge in [0.15, 0.2) is 6.67 Å². The molecule has 0 fully saturated rings. The van der Waals surface area contributed by atoms with Crippen molar-refractivity contribution in [3.63, 3.8) is 0 Å². The van der Waals surface area contributed by atoms with E-state index in [9.17, 15) is 17.6 Å². The van der Waals surface area contributed by atoms with Crippen molar-refractivity contribution in [2.45, 2.75) is 6.18 Å². The van der Waals surface area contributed by atoms with Crippen molar-refractivity contribution in [2.75, 3.05) is 6.67 Å². The summed E-state index contributed by atoms with van der Waals surface area (Å²) < 4.78 is 41.6. The van der Waals surface area contributed by atoms with Crippen molar-refractivity contribution >= 4 is 0 Å². The van der Waals surface area contributed by atoms with Crippen LogP contribution in [0.2, 0.25) is 0 Å². The Bertz CT molecular complexity index is 35.3. The van der Waals surface area contributed by atoms with Crippen LogP contribution >= 0.6 is 0 Å². The van der Waals surface area contributed by atoms with Gasteiger partial charge >= 0.3 is 6.18 Å². The Morgan fingerprint density at radius 1 is 1.17 bits per heavy atom. The highest BCUT2D eigenvalue weighted by Crippen LogP contribution is 2.13. The van der Waals surface area contributed by atoms with Gasteiger partial charge in [-0.2, -0.15) is 13.2 Å². The molecule has 0 saturated carbocycles. The van der Waals surface area contributed by atoms with E-state index in [0.29, 0.717) is 0 Å². The molecule has 0 nitrogen and oxygen atoms in total. The number of alkyl halides is 4. The second kappa shape index (κ2) is 1.45. The summed E-state index contributed by atoms with van der Waals surface area (Å²) in [4.78, 5) is 0. The Morgan fingerprint density at radius 2 is 1.33 bits per heavy atom. The summed E-state index contributed by atoms with van der Waals surface area (Å²) >= 11 is 0. The van der Waals surface area contributed by atoms with Crippen LogP contribution in [0, 0.1) is 0 Å². The molecular weight excluding hydrogens is 99.0 g/mol. The molecule has 0 aromatic heterocycles. The van der Waals surface area contributed by atoms with E-state index in [-0.39, 0.29) is 0 Å². The molecule has 0 spiro atoms. The van der Waals surface area contributed by atoms with Gasteiger partial charge in [-0.25, -0.2) is 4.39 Å². The highest BCUT2D eigenvalue weighted by atomic mass is 19.4. The van der Waals surface area contributed by atoms with Gasteiger partial charge in [-0.05, 0) is 0 Å². The molecule has 4 heteroatoms. The van der Waals surface area contributed by atoms with Crippen LogP contribution in [0.3, 0.4) is 0 Å². The van der Waals surface area contributed by atoms with E-state index in [2.05, 4.69) is 0 Å². The van der Waals surface area contributed by atoms with Crippen LogP contribution in [0.15, 0.2) is 0 Å². The molecule has 0 rings (SSSR count). The summed E-state index contributed by atoms with van der Waals surface area (Å²) in [5, 5.41) is 0. The first-order valence-electron chi connectivity index (χ1n) is 1.19. The Hall–Kier alpha value is -0.280. The Balaban J connectivity index is 3.17. The van der Waals surface area contributed by atoms with E-state index >= 15 is 0 Å². The zero-order chi connectivity index (χ0) is 5.21. The van der Waals surface area contributed by atoms with Crippen LogP contribution in [-0.2, 0) is 0 Å². The van der Waals surface area contributed by atoms with E-state index in [1.807, 2.05) is 0 Å². The monoisotopic (exact) mass is 101 g/mol. The van der Waals surface area contributed by atoms with Gasteiger partial charge in [0, 0.05) is 0 Å². The summed E-state index contributed by atoms with van der Waals surface area (Å²) in [5.41, 5.74) is 0. The summed E-state index contributed by atoms with van der Waals surface area (Å²) in [6.07, 6.45) is -4.62. The standard InChI is InChI=1S/C2H2F4/c3-1-2(4,5)6/h1H2/i3-1. The molecule has 0 saturated heterocycles. The second-order valence-electron chi connectivity index (χ2n) is 0.749. The van der Waals surface area contributed by atoms with E-state index in [0.717, 1.165) is 0 Å². The van der Waals surface area contributed by atoms with Gasteiger partial charge in [0.1, 0.15) is 0 Å². The third-order valence-electron chi connectivity index (χ3n) is 0.152. The lowest BCUT2D eigenvalue weighted by molar-refractivity contribution is -0.142. The van der Waals surface area contributed by atoms with Crippen molar-refractivity contribution < 1.29 is 17.6 Å². The fourth-order valence-electron chi connectivity index (χ4n) is 0. The van der Waals surface area contributed by atoms with E-state index < -0.39 is 12.9 Å². The Morgan fingerprint density at radius 3 is 1.33 bits per heavy atom. The maximum atomic E-state index is 10.4. The zero-order valence-electron chi connectivity index (χ0n) is 2.72. The van der Waals surface area contributed by atoms with Gasteiger partial charge in [0.2, 0.25) is 0 Å². The second-order valence-corrected chi connectivity index (χ2v) is 0.749. The highest BCUT2D eigenvalue weighted by molar-refractivity contribution is 4.39. The van der Waals surface area contributed by atoms with E-state index in [4.69, 9.17) is 0 Å². The Labute approximate surface area is 31.8 Å². The lowest BCUT2D eigenvalue weighted by Crippen LogP contribution is -2.08. The van der Waals surface area contributed by atoms with Crippen molar-refractivity contribution in [2.24, 2.45) is 0 Å². The molecule has 0 atom stereocenters. The van der Waals surface area contributed by atoms with Gasteiger partial charge in [-0.15, -0.1) is 0 Å². The van der Waals surface area contributed by atoms with Crippen LogP contribution in [-0.4, -0.2) is 12.9 Å². The zero-order valence-corrected chi connectivity index (χ0v) is 2.72. The van der Waals surface area contributed by atoms with Crippen molar-refractivity contribution in [1.29, 1.82) is 0 Å². The lowest BCUT2D eigenvalue weighted by Gasteiger charge is -1.93. The van der Waals surface area contributed by atoms with Crippen molar-refractivity contribution in [3.05, 3.63) is 0 Å². The number of hydrogen-bond acceptors (Lipinski definition) is 0. The predicted molar refractivity (Wildman–Crippen MR) is 12.0 cm³/mol. The maximum Gasteiger partial charge on any atom is 0.416 e. The summed E-state index contributed by atoms with van der Waals surface area (Å²) in [6, 6.07) is 0. The predicted octanol–water partition coefficient (Wildman–Crippen LogP) is 1.52.